The van der Waals surface area contributed by atoms with Gasteiger partial charge in [0.05, 0.1) is 12.5 Å². The zero-order chi connectivity index (χ0) is 18.2. The number of aliphatic carboxylic acids is 1. The summed E-state index contributed by atoms with van der Waals surface area (Å²) in [5, 5.41) is 13.7. The minimum atomic E-state index is -1.23. The molecule has 0 rings (SSSR count). The fraction of sp³-hybridized carbons (Fsp3) is 0.692. The molecule has 0 saturated carbocycles. The van der Waals surface area contributed by atoms with Crippen LogP contribution in [0.3, 0.4) is 0 Å². The van der Waals surface area contributed by atoms with Crippen molar-refractivity contribution in [3.05, 3.63) is 0 Å². The van der Waals surface area contributed by atoms with Gasteiger partial charge in [-0.2, -0.15) is 12.6 Å². The molecule has 0 aliphatic rings. The van der Waals surface area contributed by atoms with E-state index in [4.69, 9.17) is 16.6 Å². The molecule has 9 nitrogen and oxygen atoms in total. The average Bonchev–Trinajstić information content (AvgIpc) is 2.47. The summed E-state index contributed by atoms with van der Waals surface area (Å²) < 4.78 is 0. The number of primary amides is 1. The van der Waals surface area contributed by atoms with Gasteiger partial charge in [-0.05, 0) is 5.92 Å². The Labute approximate surface area is 139 Å². The van der Waals surface area contributed by atoms with Gasteiger partial charge in [0.1, 0.15) is 12.1 Å². The SMILES string of the molecule is CC[C@H](C)[C@H](NC(=O)[C@@H](N)CC(N)=O)C(=O)N[C@@H](CS)C(=O)O. The van der Waals surface area contributed by atoms with Gasteiger partial charge in [-0.25, -0.2) is 4.79 Å². The van der Waals surface area contributed by atoms with Gasteiger partial charge in [-0.3, -0.25) is 14.4 Å². The zero-order valence-corrected chi connectivity index (χ0v) is 14.0. The second kappa shape index (κ2) is 10.1. The largest absolute Gasteiger partial charge is 0.480 e. The van der Waals surface area contributed by atoms with Crippen molar-refractivity contribution in [2.24, 2.45) is 17.4 Å². The molecule has 0 aromatic carbocycles. The molecule has 0 aromatic heterocycles. The molecule has 7 N–H and O–H groups in total. The fourth-order valence-corrected chi connectivity index (χ4v) is 1.97. The number of thiol groups is 1. The van der Waals surface area contributed by atoms with E-state index < -0.39 is 41.8 Å². The van der Waals surface area contributed by atoms with Crippen LogP contribution < -0.4 is 22.1 Å². The van der Waals surface area contributed by atoms with E-state index >= 15 is 0 Å². The third kappa shape index (κ3) is 7.33. The van der Waals surface area contributed by atoms with Crippen LogP contribution in [0.1, 0.15) is 26.7 Å². The van der Waals surface area contributed by atoms with E-state index in [1.165, 1.54) is 0 Å². The van der Waals surface area contributed by atoms with Crippen molar-refractivity contribution in [2.75, 3.05) is 5.75 Å². The molecule has 0 saturated heterocycles. The maximum atomic E-state index is 12.2. The number of carboxylic acids is 1. The molecule has 0 aliphatic carbocycles. The maximum absolute atomic E-state index is 12.2. The molecule has 0 spiro atoms. The number of rotatable bonds is 10. The lowest BCUT2D eigenvalue weighted by molar-refractivity contribution is -0.141. The Kier molecular flexibility index (Phi) is 9.27. The molecule has 0 bridgehead atoms. The molecule has 0 fully saturated rings. The van der Waals surface area contributed by atoms with Crippen LogP contribution in [0.5, 0.6) is 0 Å². The molecule has 0 aliphatic heterocycles. The summed E-state index contributed by atoms with van der Waals surface area (Å²) >= 11 is 3.86. The van der Waals surface area contributed by atoms with Crippen LogP contribution in [0.4, 0.5) is 0 Å². The van der Waals surface area contributed by atoms with Crippen molar-refractivity contribution in [2.45, 2.75) is 44.8 Å². The van der Waals surface area contributed by atoms with Gasteiger partial charge in [-0.15, -0.1) is 0 Å². The first-order valence-electron chi connectivity index (χ1n) is 7.12. The van der Waals surface area contributed by atoms with E-state index in [9.17, 15) is 19.2 Å². The number of hydrogen-bond donors (Lipinski definition) is 6. The van der Waals surface area contributed by atoms with Gasteiger partial charge in [-0.1, -0.05) is 20.3 Å². The van der Waals surface area contributed by atoms with E-state index in [0.29, 0.717) is 6.42 Å². The Morgan fingerprint density at radius 3 is 2.13 bits per heavy atom. The van der Waals surface area contributed by atoms with Crippen molar-refractivity contribution in [1.82, 2.24) is 10.6 Å². The maximum Gasteiger partial charge on any atom is 0.327 e. The Morgan fingerprint density at radius 1 is 1.17 bits per heavy atom. The number of hydrogen-bond acceptors (Lipinski definition) is 6. The first-order valence-corrected chi connectivity index (χ1v) is 7.75. The molecular weight excluding hydrogens is 324 g/mol. The number of amides is 3. The summed E-state index contributed by atoms with van der Waals surface area (Å²) in [4.78, 5) is 45.9. The smallest absolute Gasteiger partial charge is 0.327 e. The highest BCUT2D eigenvalue weighted by atomic mass is 32.1. The van der Waals surface area contributed by atoms with Crippen molar-refractivity contribution in [3.63, 3.8) is 0 Å². The highest BCUT2D eigenvalue weighted by molar-refractivity contribution is 7.80. The Hall–Kier alpha value is -1.81. The first-order chi connectivity index (χ1) is 10.6. The monoisotopic (exact) mass is 348 g/mol. The molecule has 0 unspecified atom stereocenters. The number of carboxylic acid groups (broad SMARTS) is 1. The highest BCUT2D eigenvalue weighted by Crippen LogP contribution is 2.09. The Bertz CT molecular complexity index is 460. The van der Waals surface area contributed by atoms with Crippen molar-refractivity contribution in [3.8, 4) is 0 Å². The van der Waals surface area contributed by atoms with Crippen molar-refractivity contribution in [1.29, 1.82) is 0 Å². The lowest BCUT2D eigenvalue weighted by Gasteiger charge is -2.26. The van der Waals surface area contributed by atoms with Crippen LogP contribution >= 0.6 is 12.6 Å². The summed E-state index contributed by atoms with van der Waals surface area (Å²) in [6.45, 7) is 3.54. The summed E-state index contributed by atoms with van der Waals surface area (Å²) in [5.41, 5.74) is 10.5. The zero-order valence-electron chi connectivity index (χ0n) is 13.1. The third-order valence-corrected chi connectivity index (χ3v) is 3.71. The molecular formula is C13H24N4O5S. The Morgan fingerprint density at radius 2 is 1.74 bits per heavy atom. The molecule has 3 amide bonds. The molecule has 4 atom stereocenters. The summed E-state index contributed by atoms with van der Waals surface area (Å²) in [7, 11) is 0. The van der Waals surface area contributed by atoms with Crippen LogP contribution in [0.2, 0.25) is 0 Å². The molecule has 10 heteroatoms. The minimum absolute atomic E-state index is 0.0938. The number of carbonyl (C=O) groups is 4. The highest BCUT2D eigenvalue weighted by Gasteiger charge is 2.30. The second-order valence-electron chi connectivity index (χ2n) is 5.23. The number of nitrogens with two attached hydrogens (primary N) is 2. The number of carbonyl (C=O) groups excluding carboxylic acids is 3. The summed E-state index contributed by atoms with van der Waals surface area (Å²) in [5.74, 6) is -3.69. The molecule has 0 radical (unpaired) electrons. The van der Waals surface area contributed by atoms with Crippen LogP contribution in [-0.4, -0.2) is 52.7 Å². The van der Waals surface area contributed by atoms with Crippen LogP contribution in [-0.2, 0) is 19.2 Å². The van der Waals surface area contributed by atoms with Gasteiger partial charge in [0, 0.05) is 5.75 Å². The lowest BCUT2D eigenvalue weighted by atomic mass is 9.97. The van der Waals surface area contributed by atoms with E-state index in [-0.39, 0.29) is 18.1 Å². The van der Waals surface area contributed by atoms with E-state index in [1.54, 1.807) is 6.92 Å². The Balaban J connectivity index is 5.00. The summed E-state index contributed by atoms with van der Waals surface area (Å²) in [6.07, 6.45) is 0.205. The average molecular weight is 348 g/mol. The van der Waals surface area contributed by atoms with E-state index in [0.717, 1.165) is 0 Å². The van der Waals surface area contributed by atoms with E-state index in [1.807, 2.05) is 6.92 Å². The predicted octanol–water partition coefficient (Wildman–Crippen LogP) is -1.78. The van der Waals surface area contributed by atoms with Gasteiger partial charge in [0.2, 0.25) is 17.7 Å². The van der Waals surface area contributed by atoms with Crippen LogP contribution in [0.25, 0.3) is 0 Å². The van der Waals surface area contributed by atoms with Gasteiger partial charge in [0.25, 0.3) is 0 Å². The van der Waals surface area contributed by atoms with Crippen molar-refractivity contribution < 1.29 is 24.3 Å². The fourth-order valence-electron chi connectivity index (χ4n) is 1.72. The van der Waals surface area contributed by atoms with Crippen LogP contribution in [0, 0.1) is 5.92 Å². The summed E-state index contributed by atoms with van der Waals surface area (Å²) in [6, 6.07) is -3.33. The third-order valence-electron chi connectivity index (χ3n) is 3.35. The normalized spacial score (nSPS) is 15.8. The van der Waals surface area contributed by atoms with Gasteiger partial charge < -0.3 is 27.2 Å². The van der Waals surface area contributed by atoms with E-state index in [2.05, 4.69) is 23.3 Å². The lowest BCUT2D eigenvalue weighted by Crippen LogP contribution is -2.57. The quantitative estimate of drug-likeness (QED) is 0.255. The van der Waals surface area contributed by atoms with Gasteiger partial charge in [0.15, 0.2) is 0 Å². The second-order valence-corrected chi connectivity index (χ2v) is 5.60. The molecule has 0 heterocycles. The van der Waals surface area contributed by atoms with Crippen LogP contribution in [0.15, 0.2) is 0 Å². The topological polar surface area (TPSA) is 165 Å². The van der Waals surface area contributed by atoms with Crippen molar-refractivity contribution >= 4 is 36.3 Å². The minimum Gasteiger partial charge on any atom is -0.480 e. The van der Waals surface area contributed by atoms with Gasteiger partial charge >= 0.3 is 5.97 Å². The standard InChI is InChI=1S/C13H24N4O5S/c1-3-6(2)10(12(20)16-8(5-23)13(21)22)17-11(19)7(14)4-9(15)18/h6-8,10,23H,3-5,14H2,1-2H3,(H2,15,18)(H,16,20)(H,17,19)(H,21,22)/t6-,7-,8-,10-/m0/s1. The molecule has 23 heavy (non-hydrogen) atoms. The number of nitrogens with one attached hydrogen (secondary N) is 2. The molecule has 0 aromatic rings. The first kappa shape index (κ1) is 21.2. The predicted molar refractivity (Wildman–Crippen MR) is 86.6 cm³/mol. The molecule has 132 valence electrons.